The molecule has 5 heteroatoms. The molecule has 0 radical (unpaired) electrons. The lowest BCUT2D eigenvalue weighted by atomic mass is 10.1. The molecule has 0 aliphatic rings. The van der Waals surface area contributed by atoms with Gasteiger partial charge in [-0.25, -0.2) is 0 Å². The van der Waals surface area contributed by atoms with E-state index in [4.69, 9.17) is 21.6 Å². The number of hydrogen-bond donors (Lipinski definition) is 2. The van der Waals surface area contributed by atoms with Gasteiger partial charge in [0, 0.05) is 0 Å². The first-order valence-corrected chi connectivity index (χ1v) is 5.91. The zero-order chi connectivity index (χ0) is 14.1. The summed E-state index contributed by atoms with van der Waals surface area (Å²) in [7, 11) is 1.55. The molecule has 0 unspecified atom stereocenters. The first-order valence-electron chi connectivity index (χ1n) is 5.91. The van der Waals surface area contributed by atoms with Gasteiger partial charge in [0.25, 0.3) is 5.91 Å². The van der Waals surface area contributed by atoms with Crippen LogP contribution < -0.4 is 20.5 Å². The highest BCUT2D eigenvalue weighted by Gasteiger charge is 2.08. The second-order valence-corrected chi connectivity index (χ2v) is 3.79. The summed E-state index contributed by atoms with van der Waals surface area (Å²) >= 11 is 0. The third kappa shape index (κ3) is 4.90. The number of benzene rings is 1. The molecule has 0 saturated heterocycles. The van der Waals surface area contributed by atoms with E-state index in [0.717, 1.165) is 12.0 Å². The molecule has 0 bridgehead atoms. The predicted molar refractivity (Wildman–Crippen MR) is 73.1 cm³/mol. The first-order chi connectivity index (χ1) is 9.21. The highest BCUT2D eigenvalue weighted by atomic mass is 16.5. The summed E-state index contributed by atoms with van der Waals surface area (Å²) in [5, 5.41) is 2.51. The molecule has 3 N–H and O–H groups in total. The Morgan fingerprint density at radius 3 is 2.89 bits per heavy atom. The van der Waals surface area contributed by atoms with Gasteiger partial charge in [0.05, 0.1) is 13.7 Å². The Hall–Kier alpha value is -2.19. The number of methoxy groups -OCH3 is 1. The van der Waals surface area contributed by atoms with E-state index in [0.29, 0.717) is 18.0 Å². The minimum atomic E-state index is -0.272. The van der Waals surface area contributed by atoms with Crippen molar-refractivity contribution in [2.24, 2.45) is 5.73 Å². The van der Waals surface area contributed by atoms with Gasteiger partial charge in [0.1, 0.15) is 0 Å². The van der Waals surface area contributed by atoms with Crippen LogP contribution in [0.1, 0.15) is 5.56 Å². The average Bonchev–Trinajstić information content (AvgIpc) is 2.43. The van der Waals surface area contributed by atoms with Gasteiger partial charge in [0.15, 0.2) is 18.1 Å². The number of rotatable bonds is 7. The van der Waals surface area contributed by atoms with E-state index in [1.165, 1.54) is 0 Å². The van der Waals surface area contributed by atoms with E-state index < -0.39 is 0 Å². The standard InChI is InChI=1S/C14H18N2O3/c1-3-8-16-14(17)10-19-12-5-4-11(6-7-15)9-13(12)18-2/h1,4-5,9H,6-8,10,15H2,2H3,(H,16,17). The number of ether oxygens (including phenoxy) is 2. The summed E-state index contributed by atoms with van der Waals surface area (Å²) in [6, 6.07) is 5.50. The van der Waals surface area contributed by atoms with Gasteiger partial charge in [-0.1, -0.05) is 12.0 Å². The highest BCUT2D eigenvalue weighted by Crippen LogP contribution is 2.28. The quantitative estimate of drug-likeness (QED) is 0.694. The van der Waals surface area contributed by atoms with Crippen LogP contribution in [0.15, 0.2) is 18.2 Å². The van der Waals surface area contributed by atoms with Crippen LogP contribution in [0.3, 0.4) is 0 Å². The van der Waals surface area contributed by atoms with Gasteiger partial charge in [-0.05, 0) is 30.7 Å². The molecule has 1 aromatic rings. The molecule has 0 heterocycles. The Balaban J connectivity index is 2.62. The van der Waals surface area contributed by atoms with Crippen molar-refractivity contribution >= 4 is 5.91 Å². The molecule has 0 aromatic heterocycles. The fourth-order valence-electron chi connectivity index (χ4n) is 1.50. The number of carbonyl (C=O) groups excluding carboxylic acids is 1. The van der Waals surface area contributed by atoms with Gasteiger partial charge in [0.2, 0.25) is 0 Å². The Morgan fingerprint density at radius 2 is 2.26 bits per heavy atom. The van der Waals surface area contributed by atoms with Gasteiger partial charge < -0.3 is 20.5 Å². The molecule has 0 saturated carbocycles. The van der Waals surface area contributed by atoms with Crippen LogP contribution in [0.4, 0.5) is 0 Å². The minimum absolute atomic E-state index is 0.103. The molecule has 0 aliphatic heterocycles. The molecule has 102 valence electrons. The molecular formula is C14H18N2O3. The van der Waals surface area contributed by atoms with Crippen molar-refractivity contribution in [3.63, 3.8) is 0 Å². The molecular weight excluding hydrogens is 244 g/mol. The molecule has 1 aromatic carbocycles. The predicted octanol–water partition coefficient (Wildman–Crippen LogP) is 0.325. The Morgan fingerprint density at radius 1 is 1.47 bits per heavy atom. The summed E-state index contributed by atoms with van der Waals surface area (Å²) < 4.78 is 10.6. The topological polar surface area (TPSA) is 73.6 Å². The van der Waals surface area contributed by atoms with Crippen molar-refractivity contribution in [3.05, 3.63) is 23.8 Å². The van der Waals surface area contributed by atoms with E-state index in [-0.39, 0.29) is 19.1 Å². The number of nitrogens with two attached hydrogens (primary N) is 1. The van der Waals surface area contributed by atoms with Crippen LogP contribution in [-0.2, 0) is 11.2 Å². The molecule has 1 rings (SSSR count). The van der Waals surface area contributed by atoms with Gasteiger partial charge in [-0.2, -0.15) is 0 Å². The third-order valence-electron chi connectivity index (χ3n) is 2.41. The van der Waals surface area contributed by atoms with E-state index >= 15 is 0 Å². The zero-order valence-electron chi connectivity index (χ0n) is 10.9. The maximum absolute atomic E-state index is 11.4. The van der Waals surface area contributed by atoms with Crippen LogP contribution in [-0.4, -0.2) is 32.7 Å². The smallest absolute Gasteiger partial charge is 0.258 e. The summed E-state index contributed by atoms with van der Waals surface area (Å²) in [6.07, 6.45) is 5.80. The Kier molecular flexibility index (Phi) is 6.27. The molecule has 5 nitrogen and oxygen atoms in total. The lowest BCUT2D eigenvalue weighted by molar-refractivity contribution is -0.122. The fraction of sp³-hybridized carbons (Fsp3) is 0.357. The van der Waals surface area contributed by atoms with Crippen LogP contribution in [0.2, 0.25) is 0 Å². The van der Waals surface area contributed by atoms with E-state index in [2.05, 4.69) is 11.2 Å². The molecule has 0 atom stereocenters. The number of carbonyl (C=O) groups is 1. The zero-order valence-corrected chi connectivity index (χ0v) is 10.9. The summed E-state index contributed by atoms with van der Waals surface area (Å²) in [6.45, 7) is 0.654. The SMILES string of the molecule is C#CCNC(=O)COc1ccc(CCN)cc1OC. The van der Waals surface area contributed by atoms with Gasteiger partial charge >= 0.3 is 0 Å². The van der Waals surface area contributed by atoms with Crippen molar-refractivity contribution in [2.75, 3.05) is 26.8 Å². The lowest BCUT2D eigenvalue weighted by Crippen LogP contribution is -2.29. The van der Waals surface area contributed by atoms with Crippen molar-refractivity contribution in [2.45, 2.75) is 6.42 Å². The van der Waals surface area contributed by atoms with Crippen LogP contribution in [0.25, 0.3) is 0 Å². The van der Waals surface area contributed by atoms with E-state index in [1.54, 1.807) is 13.2 Å². The lowest BCUT2D eigenvalue weighted by Gasteiger charge is -2.11. The van der Waals surface area contributed by atoms with Crippen LogP contribution >= 0.6 is 0 Å². The second kappa shape index (κ2) is 8.01. The van der Waals surface area contributed by atoms with Crippen molar-refractivity contribution in [1.29, 1.82) is 0 Å². The summed E-state index contributed by atoms with van der Waals surface area (Å²) in [4.78, 5) is 11.4. The number of amides is 1. The Labute approximate surface area is 113 Å². The molecule has 19 heavy (non-hydrogen) atoms. The van der Waals surface area contributed by atoms with Gasteiger partial charge in [-0.15, -0.1) is 6.42 Å². The molecule has 1 amide bonds. The second-order valence-electron chi connectivity index (χ2n) is 3.79. The summed E-state index contributed by atoms with van der Waals surface area (Å²) in [5.41, 5.74) is 6.55. The van der Waals surface area contributed by atoms with Crippen molar-refractivity contribution < 1.29 is 14.3 Å². The largest absolute Gasteiger partial charge is 0.493 e. The number of nitrogens with one attached hydrogen (secondary N) is 1. The maximum atomic E-state index is 11.4. The average molecular weight is 262 g/mol. The first kappa shape index (κ1) is 14.9. The Bertz CT molecular complexity index is 466. The minimum Gasteiger partial charge on any atom is -0.493 e. The number of hydrogen-bond acceptors (Lipinski definition) is 4. The molecule has 0 fully saturated rings. The van der Waals surface area contributed by atoms with Crippen molar-refractivity contribution in [1.82, 2.24) is 5.32 Å². The van der Waals surface area contributed by atoms with Crippen LogP contribution in [0, 0.1) is 12.3 Å². The molecule has 0 spiro atoms. The maximum Gasteiger partial charge on any atom is 0.258 e. The van der Waals surface area contributed by atoms with Crippen molar-refractivity contribution in [3.8, 4) is 23.8 Å². The summed E-state index contributed by atoms with van der Waals surface area (Å²) in [5.74, 6) is 3.14. The highest BCUT2D eigenvalue weighted by molar-refractivity contribution is 5.77. The van der Waals surface area contributed by atoms with E-state index in [9.17, 15) is 4.79 Å². The monoisotopic (exact) mass is 262 g/mol. The molecule has 0 aliphatic carbocycles. The third-order valence-corrected chi connectivity index (χ3v) is 2.41. The van der Waals surface area contributed by atoms with Gasteiger partial charge in [-0.3, -0.25) is 4.79 Å². The van der Waals surface area contributed by atoms with E-state index in [1.807, 2.05) is 12.1 Å². The fourth-order valence-corrected chi connectivity index (χ4v) is 1.50. The van der Waals surface area contributed by atoms with Crippen LogP contribution in [0.5, 0.6) is 11.5 Å². The normalized spacial score (nSPS) is 9.53. The number of terminal acetylenes is 1.